The van der Waals surface area contributed by atoms with E-state index in [0.717, 1.165) is 11.4 Å². The molecule has 3 amide bonds. The van der Waals surface area contributed by atoms with E-state index in [-0.39, 0.29) is 24.3 Å². The van der Waals surface area contributed by atoms with Gasteiger partial charge in [0.15, 0.2) is 0 Å². The normalized spacial score (nSPS) is 30.6. The van der Waals surface area contributed by atoms with E-state index in [4.69, 9.17) is 16.3 Å². The fraction of sp³-hybridized carbons (Fsp3) is 0.424. The van der Waals surface area contributed by atoms with Crippen LogP contribution in [-0.2, 0) is 14.4 Å². The Morgan fingerprint density at radius 1 is 0.907 bits per heavy atom. The molecule has 43 heavy (non-hydrogen) atoms. The lowest BCUT2D eigenvalue weighted by atomic mass is 9.74. The molecule has 1 unspecified atom stereocenters. The number of nitrogens with zero attached hydrogens (tertiary/aromatic N) is 3. The van der Waals surface area contributed by atoms with Crippen LogP contribution in [0.5, 0.6) is 5.75 Å². The number of aliphatic hydroxyl groups excluding tert-OH is 1. The third-order valence-electron chi connectivity index (χ3n) is 9.17. The Kier molecular flexibility index (Phi) is 7.85. The van der Waals surface area contributed by atoms with Crippen molar-refractivity contribution in [2.75, 3.05) is 36.1 Å². The first-order chi connectivity index (χ1) is 20.7. The molecular formula is C33H36ClN3O5S. The average molecular weight is 622 g/mol. The van der Waals surface area contributed by atoms with Gasteiger partial charge < -0.3 is 24.5 Å². The van der Waals surface area contributed by atoms with Crippen LogP contribution in [0.3, 0.4) is 0 Å². The molecule has 8 nitrogen and oxygen atoms in total. The number of carbonyl (C=O) groups is 3. The molecule has 2 aromatic rings. The molecular weight excluding hydrogens is 586 g/mol. The molecule has 1 spiro atoms. The fourth-order valence-electron chi connectivity index (χ4n) is 7.24. The summed E-state index contributed by atoms with van der Waals surface area (Å²) in [5, 5.41) is 11.0. The van der Waals surface area contributed by atoms with Gasteiger partial charge in [-0.05, 0) is 68.8 Å². The summed E-state index contributed by atoms with van der Waals surface area (Å²) in [6.45, 7) is 6.76. The zero-order valence-electron chi connectivity index (χ0n) is 24.5. The Hall–Kier alpha value is -3.27. The highest BCUT2D eigenvalue weighted by molar-refractivity contribution is 8.02. The maximum Gasteiger partial charge on any atom is 0.251 e. The predicted octanol–water partition coefficient (Wildman–Crippen LogP) is 4.70. The summed E-state index contributed by atoms with van der Waals surface area (Å²) < 4.78 is 3.86. The molecule has 226 valence electrons. The summed E-state index contributed by atoms with van der Waals surface area (Å²) in [5.74, 6) is -1.45. The van der Waals surface area contributed by atoms with Gasteiger partial charge in [0.1, 0.15) is 11.8 Å². The van der Waals surface area contributed by atoms with Crippen LogP contribution in [-0.4, -0.2) is 75.6 Å². The quantitative estimate of drug-likeness (QED) is 0.451. The molecule has 0 bridgehead atoms. The van der Waals surface area contributed by atoms with Crippen molar-refractivity contribution in [1.29, 1.82) is 0 Å². The molecule has 0 aromatic heterocycles. The molecule has 6 atom stereocenters. The van der Waals surface area contributed by atoms with Crippen LogP contribution in [0.1, 0.15) is 27.2 Å². The van der Waals surface area contributed by atoms with Gasteiger partial charge in [-0.15, -0.1) is 11.8 Å². The molecule has 4 aliphatic rings. The summed E-state index contributed by atoms with van der Waals surface area (Å²) in [4.78, 5) is 48.8. The number of carbonyl (C=O) groups excluding carboxylic acids is 3. The molecule has 1 N–H and O–H groups in total. The third-order valence-corrected chi connectivity index (χ3v) is 11.2. The molecule has 4 heterocycles. The molecule has 10 heteroatoms. The number of likely N-dealkylation sites (tertiary alicyclic amines) is 1. The molecule has 4 aliphatic heterocycles. The first-order valence-electron chi connectivity index (χ1n) is 14.8. The molecule has 2 saturated heterocycles. The van der Waals surface area contributed by atoms with E-state index in [1.165, 1.54) is 11.8 Å². The number of aliphatic hydroxyl groups is 1. The van der Waals surface area contributed by atoms with Gasteiger partial charge in [0.25, 0.3) is 5.91 Å². The first kappa shape index (κ1) is 29.8. The minimum absolute atomic E-state index is 0.156. The SMILES string of the molecule is CCOc1ccc(N2CC=C[C@@]3(C)S[C@]45C=CCN(c6ccc(Cl)cc6)C(=O)C4N([C@@H](CC)CO)C(=O)[C@@H]5[C@H]3C2=O)cc1. The molecule has 0 aliphatic carbocycles. The van der Waals surface area contributed by atoms with Crippen molar-refractivity contribution in [3.63, 3.8) is 0 Å². The molecule has 0 radical (unpaired) electrons. The third kappa shape index (κ3) is 4.67. The minimum Gasteiger partial charge on any atom is -0.494 e. The van der Waals surface area contributed by atoms with Gasteiger partial charge in [-0.25, -0.2) is 0 Å². The largest absolute Gasteiger partial charge is 0.494 e. The summed E-state index contributed by atoms with van der Waals surface area (Å²) in [7, 11) is 0. The van der Waals surface area contributed by atoms with E-state index in [1.807, 2.05) is 69.3 Å². The van der Waals surface area contributed by atoms with Crippen LogP contribution >= 0.6 is 23.4 Å². The molecule has 2 fully saturated rings. The number of hydrogen-bond acceptors (Lipinski definition) is 6. The topological polar surface area (TPSA) is 90.4 Å². The van der Waals surface area contributed by atoms with Gasteiger partial charge in [0.05, 0.1) is 35.8 Å². The lowest BCUT2D eigenvalue weighted by Crippen LogP contribution is -2.56. The minimum atomic E-state index is -1.00. The van der Waals surface area contributed by atoms with E-state index in [1.54, 1.807) is 39.0 Å². The van der Waals surface area contributed by atoms with Gasteiger partial charge in [0.2, 0.25) is 11.8 Å². The average Bonchev–Trinajstić information content (AvgIpc) is 3.26. The summed E-state index contributed by atoms with van der Waals surface area (Å²) >= 11 is 7.67. The Bertz CT molecular complexity index is 1480. The van der Waals surface area contributed by atoms with E-state index in [9.17, 15) is 19.5 Å². The number of fused-ring (bicyclic) bond motifs is 2. The standard InChI is InChI=1S/C33H36ClN3O5S/c1-4-22(20-38)37-28-31(41)36(23-10-8-21(34)9-11-23)19-7-17-33(28)27(30(37)40)26-29(39)35(18-6-16-32(26,3)43-33)24-12-14-25(15-13-24)42-5-2/h6-17,22,26-28,38H,4-5,18-20H2,1-3H3/t22-,26-,27-,28?,32+,33-/m0/s1. The Balaban J connectivity index is 1.45. The highest BCUT2D eigenvalue weighted by Crippen LogP contribution is 2.66. The summed E-state index contributed by atoms with van der Waals surface area (Å²) in [6, 6.07) is 13.0. The van der Waals surface area contributed by atoms with Gasteiger partial charge in [-0.1, -0.05) is 42.8 Å². The van der Waals surface area contributed by atoms with Crippen molar-refractivity contribution < 1.29 is 24.2 Å². The van der Waals surface area contributed by atoms with Gasteiger partial charge in [-0.2, -0.15) is 0 Å². The Morgan fingerprint density at radius 2 is 1.51 bits per heavy atom. The van der Waals surface area contributed by atoms with Crippen molar-refractivity contribution >= 4 is 52.5 Å². The first-order valence-corrected chi connectivity index (χ1v) is 16.0. The van der Waals surface area contributed by atoms with Crippen LogP contribution in [0.4, 0.5) is 11.4 Å². The molecule has 0 saturated carbocycles. The number of amides is 3. The molecule has 6 rings (SSSR count). The maximum atomic E-state index is 14.6. The van der Waals surface area contributed by atoms with E-state index in [0.29, 0.717) is 36.8 Å². The van der Waals surface area contributed by atoms with Crippen molar-refractivity contribution in [2.45, 2.75) is 48.8 Å². The number of thioether (sulfide) groups is 1. The van der Waals surface area contributed by atoms with E-state index in [2.05, 4.69) is 0 Å². The van der Waals surface area contributed by atoms with Crippen molar-refractivity contribution in [3.05, 3.63) is 77.9 Å². The number of halogens is 1. The fourth-order valence-corrected chi connectivity index (χ4v) is 9.51. The van der Waals surface area contributed by atoms with Gasteiger partial charge in [-0.3, -0.25) is 14.4 Å². The summed E-state index contributed by atoms with van der Waals surface area (Å²) in [6.07, 6.45) is 8.43. The maximum absolute atomic E-state index is 14.6. The van der Waals surface area contributed by atoms with Crippen LogP contribution < -0.4 is 14.5 Å². The zero-order valence-corrected chi connectivity index (χ0v) is 26.1. The second kappa shape index (κ2) is 11.3. The van der Waals surface area contributed by atoms with Crippen molar-refractivity contribution in [2.24, 2.45) is 11.8 Å². The number of ether oxygens (including phenoxy) is 1. The molecule has 2 aromatic carbocycles. The number of benzene rings is 2. The Morgan fingerprint density at radius 3 is 2.12 bits per heavy atom. The predicted molar refractivity (Wildman–Crippen MR) is 170 cm³/mol. The summed E-state index contributed by atoms with van der Waals surface area (Å²) in [5.41, 5.74) is 1.39. The smallest absolute Gasteiger partial charge is 0.251 e. The zero-order chi connectivity index (χ0) is 30.5. The van der Waals surface area contributed by atoms with Crippen LogP contribution in [0, 0.1) is 11.8 Å². The highest BCUT2D eigenvalue weighted by Gasteiger charge is 2.74. The van der Waals surface area contributed by atoms with Crippen LogP contribution in [0.2, 0.25) is 5.02 Å². The number of rotatable bonds is 7. The van der Waals surface area contributed by atoms with Crippen LogP contribution in [0.25, 0.3) is 0 Å². The number of hydrogen-bond donors (Lipinski definition) is 1. The monoisotopic (exact) mass is 621 g/mol. The van der Waals surface area contributed by atoms with Crippen molar-refractivity contribution in [3.8, 4) is 5.75 Å². The van der Waals surface area contributed by atoms with Crippen molar-refractivity contribution in [1.82, 2.24) is 4.90 Å². The lowest BCUT2D eigenvalue weighted by Gasteiger charge is -2.39. The van der Waals surface area contributed by atoms with E-state index < -0.39 is 33.4 Å². The van der Waals surface area contributed by atoms with E-state index >= 15 is 0 Å². The van der Waals surface area contributed by atoms with Gasteiger partial charge in [0, 0.05) is 34.2 Å². The highest BCUT2D eigenvalue weighted by atomic mass is 35.5. The second-order valence-corrected chi connectivity index (χ2v) is 13.8. The van der Waals surface area contributed by atoms with Gasteiger partial charge >= 0.3 is 0 Å². The lowest BCUT2D eigenvalue weighted by molar-refractivity contribution is -0.142. The van der Waals surface area contributed by atoms with Crippen LogP contribution in [0.15, 0.2) is 72.8 Å². The number of anilines is 2. The Labute approximate surface area is 261 Å². The second-order valence-electron chi connectivity index (χ2n) is 11.6.